The zero-order chi connectivity index (χ0) is 10.6. The molecule has 0 spiro atoms. The standard InChI is InChI=1S/C12H18ClN/c1-9(2)7-10-3-5-11(6-4-10)12(14)8-13/h3-6,9,12H,7-8,14H2,1-2H3. The Balaban J connectivity index is 2.68. The van der Waals surface area contributed by atoms with Gasteiger partial charge in [-0.2, -0.15) is 0 Å². The Bertz CT molecular complexity index is 266. The van der Waals surface area contributed by atoms with Crippen molar-refractivity contribution >= 4 is 11.6 Å². The van der Waals surface area contributed by atoms with E-state index in [9.17, 15) is 0 Å². The average Bonchev–Trinajstić information content (AvgIpc) is 2.17. The molecule has 0 aliphatic carbocycles. The average molecular weight is 212 g/mol. The fourth-order valence-corrected chi connectivity index (χ4v) is 1.64. The van der Waals surface area contributed by atoms with Crippen LogP contribution in [0.3, 0.4) is 0 Å². The van der Waals surface area contributed by atoms with Crippen LogP contribution in [0.4, 0.5) is 0 Å². The summed E-state index contributed by atoms with van der Waals surface area (Å²) in [6, 6.07) is 8.39. The fourth-order valence-electron chi connectivity index (χ4n) is 1.46. The van der Waals surface area contributed by atoms with E-state index in [0.29, 0.717) is 11.8 Å². The number of halogens is 1. The molecule has 14 heavy (non-hydrogen) atoms. The summed E-state index contributed by atoms with van der Waals surface area (Å²) < 4.78 is 0. The van der Waals surface area contributed by atoms with Crippen molar-refractivity contribution in [2.24, 2.45) is 11.7 Å². The first-order valence-electron chi connectivity index (χ1n) is 5.04. The maximum absolute atomic E-state index is 5.81. The molecular weight excluding hydrogens is 194 g/mol. The third-order valence-corrected chi connectivity index (χ3v) is 2.55. The highest BCUT2D eigenvalue weighted by atomic mass is 35.5. The van der Waals surface area contributed by atoms with Crippen LogP contribution in [0.1, 0.15) is 31.0 Å². The van der Waals surface area contributed by atoms with Crippen molar-refractivity contribution in [3.63, 3.8) is 0 Å². The minimum atomic E-state index is -0.0373. The topological polar surface area (TPSA) is 26.0 Å². The number of nitrogens with two attached hydrogens (primary N) is 1. The van der Waals surface area contributed by atoms with Gasteiger partial charge in [0.05, 0.1) is 0 Å². The normalized spacial score (nSPS) is 13.2. The van der Waals surface area contributed by atoms with Gasteiger partial charge in [0.25, 0.3) is 0 Å². The minimum Gasteiger partial charge on any atom is -0.323 e. The lowest BCUT2D eigenvalue weighted by atomic mass is 10.0. The largest absolute Gasteiger partial charge is 0.323 e. The van der Waals surface area contributed by atoms with Gasteiger partial charge in [0.15, 0.2) is 0 Å². The van der Waals surface area contributed by atoms with Crippen molar-refractivity contribution in [1.82, 2.24) is 0 Å². The van der Waals surface area contributed by atoms with Crippen LogP contribution < -0.4 is 5.73 Å². The van der Waals surface area contributed by atoms with E-state index in [4.69, 9.17) is 17.3 Å². The summed E-state index contributed by atoms with van der Waals surface area (Å²) in [6.45, 7) is 4.44. The van der Waals surface area contributed by atoms with Gasteiger partial charge in [-0.25, -0.2) is 0 Å². The van der Waals surface area contributed by atoms with E-state index in [1.54, 1.807) is 0 Å². The molecule has 2 heteroatoms. The molecule has 1 nitrogen and oxygen atoms in total. The van der Waals surface area contributed by atoms with Crippen LogP contribution in [-0.2, 0) is 6.42 Å². The van der Waals surface area contributed by atoms with Gasteiger partial charge in [-0.1, -0.05) is 38.1 Å². The van der Waals surface area contributed by atoms with E-state index in [1.807, 2.05) is 0 Å². The van der Waals surface area contributed by atoms with Gasteiger partial charge in [0.2, 0.25) is 0 Å². The lowest BCUT2D eigenvalue weighted by Gasteiger charge is -2.10. The first kappa shape index (κ1) is 11.5. The van der Waals surface area contributed by atoms with Crippen LogP contribution in [-0.4, -0.2) is 5.88 Å². The first-order valence-corrected chi connectivity index (χ1v) is 5.57. The molecule has 0 amide bonds. The predicted octanol–water partition coefficient (Wildman–Crippen LogP) is 3.12. The quantitative estimate of drug-likeness (QED) is 0.761. The summed E-state index contributed by atoms with van der Waals surface area (Å²) in [5.74, 6) is 1.17. The van der Waals surface area contributed by atoms with Gasteiger partial charge in [-0.05, 0) is 23.5 Å². The molecule has 0 aliphatic heterocycles. The van der Waals surface area contributed by atoms with Gasteiger partial charge >= 0.3 is 0 Å². The highest BCUT2D eigenvalue weighted by Gasteiger charge is 2.04. The van der Waals surface area contributed by atoms with Crippen LogP contribution in [0.5, 0.6) is 0 Å². The Hall–Kier alpha value is -0.530. The molecule has 0 saturated heterocycles. The Morgan fingerprint density at radius 2 is 1.79 bits per heavy atom. The van der Waals surface area contributed by atoms with Gasteiger partial charge in [-0.15, -0.1) is 11.6 Å². The van der Waals surface area contributed by atoms with Crippen LogP contribution in [0.15, 0.2) is 24.3 Å². The summed E-state index contributed by atoms with van der Waals surface area (Å²) in [4.78, 5) is 0. The lowest BCUT2D eigenvalue weighted by Crippen LogP contribution is -2.11. The van der Waals surface area contributed by atoms with Crippen molar-refractivity contribution in [1.29, 1.82) is 0 Å². The van der Waals surface area contributed by atoms with E-state index in [0.717, 1.165) is 12.0 Å². The summed E-state index contributed by atoms with van der Waals surface area (Å²) in [7, 11) is 0. The molecule has 0 aliphatic rings. The molecular formula is C12H18ClN. The molecule has 78 valence electrons. The second kappa shape index (κ2) is 5.38. The zero-order valence-electron chi connectivity index (χ0n) is 8.83. The van der Waals surface area contributed by atoms with Gasteiger partial charge in [0.1, 0.15) is 0 Å². The molecule has 0 bridgehead atoms. The second-order valence-electron chi connectivity index (χ2n) is 4.10. The third kappa shape index (κ3) is 3.32. The molecule has 0 saturated carbocycles. The maximum atomic E-state index is 5.81. The number of rotatable bonds is 4. The van der Waals surface area contributed by atoms with Gasteiger partial charge in [0, 0.05) is 11.9 Å². The SMILES string of the molecule is CC(C)Cc1ccc(C(N)CCl)cc1. The molecule has 0 radical (unpaired) electrons. The second-order valence-corrected chi connectivity index (χ2v) is 4.41. The molecule has 1 atom stereocenters. The van der Waals surface area contributed by atoms with Crippen molar-refractivity contribution in [3.8, 4) is 0 Å². The van der Waals surface area contributed by atoms with E-state index in [-0.39, 0.29) is 6.04 Å². The molecule has 1 aromatic carbocycles. The molecule has 1 rings (SSSR count). The molecule has 0 heterocycles. The van der Waals surface area contributed by atoms with Crippen molar-refractivity contribution < 1.29 is 0 Å². The van der Waals surface area contributed by atoms with E-state index in [2.05, 4.69) is 38.1 Å². The zero-order valence-corrected chi connectivity index (χ0v) is 9.59. The summed E-state index contributed by atoms with van der Waals surface area (Å²) in [6.07, 6.45) is 1.12. The molecule has 1 unspecified atom stereocenters. The van der Waals surface area contributed by atoms with E-state index in [1.165, 1.54) is 5.56 Å². The number of hydrogen-bond donors (Lipinski definition) is 1. The third-order valence-electron chi connectivity index (χ3n) is 2.22. The minimum absolute atomic E-state index is 0.0373. The summed E-state index contributed by atoms with van der Waals surface area (Å²) in [5, 5.41) is 0. The van der Waals surface area contributed by atoms with Gasteiger partial charge < -0.3 is 5.73 Å². The molecule has 2 N–H and O–H groups in total. The highest BCUT2D eigenvalue weighted by molar-refractivity contribution is 6.18. The Morgan fingerprint density at radius 3 is 2.21 bits per heavy atom. The number of benzene rings is 1. The Morgan fingerprint density at radius 1 is 1.21 bits per heavy atom. The first-order chi connectivity index (χ1) is 6.63. The van der Waals surface area contributed by atoms with Crippen LogP contribution in [0.25, 0.3) is 0 Å². The summed E-state index contributed by atoms with van der Waals surface area (Å²) in [5.41, 5.74) is 8.30. The van der Waals surface area contributed by atoms with Crippen LogP contribution in [0, 0.1) is 5.92 Å². The predicted molar refractivity (Wildman–Crippen MR) is 62.6 cm³/mol. The maximum Gasteiger partial charge on any atom is 0.0432 e. The van der Waals surface area contributed by atoms with Crippen LogP contribution in [0.2, 0.25) is 0 Å². The van der Waals surface area contributed by atoms with E-state index < -0.39 is 0 Å². The monoisotopic (exact) mass is 211 g/mol. The van der Waals surface area contributed by atoms with Gasteiger partial charge in [-0.3, -0.25) is 0 Å². The highest BCUT2D eigenvalue weighted by Crippen LogP contribution is 2.14. The fraction of sp³-hybridized carbons (Fsp3) is 0.500. The Kier molecular flexibility index (Phi) is 4.43. The number of hydrogen-bond acceptors (Lipinski definition) is 1. The van der Waals surface area contributed by atoms with Crippen molar-refractivity contribution in [2.45, 2.75) is 26.3 Å². The molecule has 0 fully saturated rings. The molecule has 0 aromatic heterocycles. The summed E-state index contributed by atoms with van der Waals surface area (Å²) >= 11 is 5.69. The lowest BCUT2D eigenvalue weighted by molar-refractivity contribution is 0.647. The Labute approximate surface area is 91.3 Å². The van der Waals surface area contributed by atoms with Crippen LogP contribution >= 0.6 is 11.6 Å². The number of alkyl halides is 1. The smallest absolute Gasteiger partial charge is 0.0432 e. The van der Waals surface area contributed by atoms with E-state index >= 15 is 0 Å². The molecule has 1 aromatic rings. The van der Waals surface area contributed by atoms with Crippen molar-refractivity contribution in [2.75, 3.05) is 5.88 Å². The van der Waals surface area contributed by atoms with Crippen molar-refractivity contribution in [3.05, 3.63) is 35.4 Å².